The molecule has 0 N–H and O–H groups in total. The van der Waals surface area contributed by atoms with E-state index in [1.54, 1.807) is 24.5 Å². The van der Waals surface area contributed by atoms with Crippen molar-refractivity contribution in [3.05, 3.63) is 17.1 Å². The van der Waals surface area contributed by atoms with Crippen LogP contribution in [-0.2, 0) is 0 Å². The van der Waals surface area contributed by atoms with Crippen LogP contribution in [0.2, 0.25) is 0 Å². The first kappa shape index (κ1) is 7.42. The lowest BCUT2D eigenvalue weighted by Gasteiger charge is -1.82. The molecule has 2 aromatic rings. The maximum atomic E-state index is 5.23. The normalized spacial score (nSPS) is 10.5. The second kappa shape index (κ2) is 2.67. The van der Waals surface area contributed by atoms with Crippen LogP contribution >= 0.6 is 11.3 Å². The summed E-state index contributed by atoms with van der Waals surface area (Å²) in [6.07, 6.45) is 1.74. The Bertz CT molecular complexity index is 355. The van der Waals surface area contributed by atoms with Crippen molar-refractivity contribution in [1.82, 2.24) is 15.2 Å². The minimum atomic E-state index is 0.554. The predicted octanol–water partition coefficient (Wildman–Crippen LogP) is 1.81. The van der Waals surface area contributed by atoms with Crippen molar-refractivity contribution in [3.8, 4) is 10.8 Å². The van der Waals surface area contributed by atoms with Gasteiger partial charge in [-0.15, -0.1) is 21.5 Å². The van der Waals surface area contributed by atoms with Crippen LogP contribution in [0.3, 0.4) is 0 Å². The quantitative estimate of drug-likeness (QED) is 0.673. The van der Waals surface area contributed by atoms with Crippen LogP contribution in [0.4, 0.5) is 0 Å². The summed E-state index contributed by atoms with van der Waals surface area (Å²) >= 11 is 1.55. The molecule has 0 unspecified atom stereocenters. The molecule has 5 heteroatoms. The Morgan fingerprint density at radius 2 is 2.17 bits per heavy atom. The third kappa shape index (κ3) is 1.23. The Kier molecular flexibility index (Phi) is 1.65. The fourth-order valence-electron chi connectivity index (χ4n) is 0.856. The van der Waals surface area contributed by atoms with Gasteiger partial charge in [-0.1, -0.05) is 0 Å². The first-order valence-electron chi connectivity index (χ1n) is 3.48. The number of rotatable bonds is 1. The number of hydrogen-bond donors (Lipinski definition) is 0. The lowest BCUT2D eigenvalue weighted by molar-refractivity contribution is 0.534. The number of nitrogens with zero attached hydrogens (tertiary/aromatic N) is 3. The molecule has 0 bridgehead atoms. The van der Waals surface area contributed by atoms with Crippen molar-refractivity contribution < 1.29 is 4.42 Å². The molecule has 0 radical (unpaired) electrons. The molecule has 0 aliphatic carbocycles. The minimum absolute atomic E-state index is 0.554. The third-order valence-electron chi connectivity index (χ3n) is 1.36. The summed E-state index contributed by atoms with van der Waals surface area (Å²) in [4.78, 5) is 5.02. The van der Waals surface area contributed by atoms with Gasteiger partial charge in [0.2, 0.25) is 5.89 Å². The summed E-state index contributed by atoms with van der Waals surface area (Å²) < 4.78 is 5.23. The van der Waals surface area contributed by atoms with E-state index in [0.29, 0.717) is 11.8 Å². The summed E-state index contributed by atoms with van der Waals surface area (Å²) in [6, 6.07) is 0. The molecule has 0 amide bonds. The van der Waals surface area contributed by atoms with Gasteiger partial charge in [0.1, 0.15) is 4.88 Å². The average Bonchev–Trinajstić information content (AvgIpc) is 2.58. The molecule has 0 aromatic carbocycles. The van der Waals surface area contributed by atoms with Crippen LogP contribution in [-0.4, -0.2) is 15.2 Å². The van der Waals surface area contributed by atoms with E-state index in [1.807, 2.05) is 6.92 Å². The zero-order valence-corrected chi connectivity index (χ0v) is 7.55. The molecule has 2 aromatic heterocycles. The van der Waals surface area contributed by atoms with Crippen LogP contribution in [0.1, 0.15) is 10.9 Å². The van der Waals surface area contributed by atoms with Crippen LogP contribution in [0.25, 0.3) is 10.8 Å². The molecule has 62 valence electrons. The Balaban J connectivity index is 2.43. The van der Waals surface area contributed by atoms with Gasteiger partial charge in [0.05, 0.1) is 11.2 Å². The van der Waals surface area contributed by atoms with Gasteiger partial charge in [0.25, 0.3) is 5.89 Å². The van der Waals surface area contributed by atoms with E-state index in [9.17, 15) is 0 Å². The van der Waals surface area contributed by atoms with Gasteiger partial charge in [0, 0.05) is 6.92 Å². The lowest BCUT2D eigenvalue weighted by atomic mass is 10.5. The Hall–Kier alpha value is -1.23. The maximum Gasteiger partial charge on any atom is 0.259 e. The van der Waals surface area contributed by atoms with Crippen molar-refractivity contribution in [2.24, 2.45) is 0 Å². The Morgan fingerprint density at radius 1 is 1.33 bits per heavy atom. The summed E-state index contributed by atoms with van der Waals surface area (Å²) in [6.45, 7) is 3.71. The second-order valence-corrected chi connectivity index (χ2v) is 3.60. The molecular weight excluding hydrogens is 174 g/mol. The monoisotopic (exact) mass is 181 g/mol. The molecule has 0 spiro atoms. The van der Waals surface area contributed by atoms with E-state index in [1.165, 1.54) is 0 Å². The molecule has 0 saturated heterocycles. The number of aromatic nitrogens is 3. The van der Waals surface area contributed by atoms with Gasteiger partial charge < -0.3 is 4.42 Å². The smallest absolute Gasteiger partial charge is 0.259 e. The lowest BCUT2D eigenvalue weighted by Crippen LogP contribution is -1.70. The molecule has 0 fully saturated rings. The average molecular weight is 181 g/mol. The molecule has 12 heavy (non-hydrogen) atoms. The van der Waals surface area contributed by atoms with Crippen LogP contribution in [0.5, 0.6) is 0 Å². The topological polar surface area (TPSA) is 51.8 Å². The minimum Gasteiger partial charge on any atom is -0.420 e. The highest BCUT2D eigenvalue weighted by atomic mass is 32.1. The number of aryl methyl sites for hydroxylation is 2. The first-order chi connectivity index (χ1) is 5.75. The zero-order valence-electron chi connectivity index (χ0n) is 6.74. The van der Waals surface area contributed by atoms with E-state index >= 15 is 0 Å². The Labute approximate surface area is 73.3 Å². The molecule has 2 rings (SSSR count). The highest BCUT2D eigenvalue weighted by Crippen LogP contribution is 2.23. The Morgan fingerprint density at radius 3 is 2.67 bits per heavy atom. The standard InChI is InChI=1S/C7H7N3OS/c1-4-9-10-7(11-4)6-3-8-5(2)12-6/h3H,1-2H3. The van der Waals surface area contributed by atoms with Crippen molar-refractivity contribution in [3.63, 3.8) is 0 Å². The highest BCUT2D eigenvalue weighted by molar-refractivity contribution is 7.14. The van der Waals surface area contributed by atoms with Crippen molar-refractivity contribution in [1.29, 1.82) is 0 Å². The molecule has 2 heterocycles. The van der Waals surface area contributed by atoms with Crippen LogP contribution in [0.15, 0.2) is 10.6 Å². The van der Waals surface area contributed by atoms with Gasteiger partial charge >= 0.3 is 0 Å². The van der Waals surface area contributed by atoms with E-state index in [4.69, 9.17) is 4.42 Å². The summed E-state index contributed by atoms with van der Waals surface area (Å²) in [7, 11) is 0. The van der Waals surface area contributed by atoms with Gasteiger partial charge in [-0.05, 0) is 6.92 Å². The number of thiazole rings is 1. The van der Waals surface area contributed by atoms with Gasteiger partial charge in [-0.25, -0.2) is 4.98 Å². The fraction of sp³-hybridized carbons (Fsp3) is 0.286. The highest BCUT2D eigenvalue weighted by Gasteiger charge is 2.07. The van der Waals surface area contributed by atoms with Gasteiger partial charge in [0.15, 0.2) is 0 Å². The zero-order chi connectivity index (χ0) is 8.55. The summed E-state index contributed by atoms with van der Waals surface area (Å²) in [5, 5.41) is 8.62. The molecule has 0 atom stereocenters. The molecule has 0 aliphatic rings. The third-order valence-corrected chi connectivity index (χ3v) is 2.26. The van der Waals surface area contributed by atoms with Crippen molar-refractivity contribution >= 4 is 11.3 Å². The van der Waals surface area contributed by atoms with Crippen molar-refractivity contribution in [2.75, 3.05) is 0 Å². The maximum absolute atomic E-state index is 5.23. The van der Waals surface area contributed by atoms with Crippen molar-refractivity contribution in [2.45, 2.75) is 13.8 Å². The van der Waals surface area contributed by atoms with E-state index in [-0.39, 0.29) is 0 Å². The van der Waals surface area contributed by atoms with E-state index in [2.05, 4.69) is 15.2 Å². The van der Waals surface area contributed by atoms with Crippen LogP contribution in [0, 0.1) is 13.8 Å². The van der Waals surface area contributed by atoms with Gasteiger partial charge in [-0.2, -0.15) is 0 Å². The largest absolute Gasteiger partial charge is 0.420 e. The molecular formula is C7H7N3OS. The molecule has 0 saturated carbocycles. The first-order valence-corrected chi connectivity index (χ1v) is 4.30. The predicted molar refractivity (Wildman–Crippen MR) is 44.9 cm³/mol. The van der Waals surface area contributed by atoms with E-state index in [0.717, 1.165) is 9.88 Å². The number of hydrogen-bond acceptors (Lipinski definition) is 5. The van der Waals surface area contributed by atoms with Gasteiger partial charge in [-0.3, -0.25) is 0 Å². The summed E-state index contributed by atoms with van der Waals surface area (Å²) in [5.41, 5.74) is 0. The van der Waals surface area contributed by atoms with Crippen LogP contribution < -0.4 is 0 Å². The molecule has 0 aliphatic heterocycles. The second-order valence-electron chi connectivity index (χ2n) is 2.37. The molecule has 4 nitrogen and oxygen atoms in total. The summed E-state index contributed by atoms with van der Waals surface area (Å²) in [5.74, 6) is 1.13. The van der Waals surface area contributed by atoms with E-state index < -0.39 is 0 Å². The SMILES string of the molecule is Cc1nnc(-c2cnc(C)s2)o1. The fourth-order valence-corrected chi connectivity index (χ4v) is 1.56.